The molecule has 0 N–H and O–H groups in total. The normalized spacial score (nSPS) is 24.3. The Labute approximate surface area is 138 Å². The Hall–Kier alpha value is -1.80. The van der Waals surface area contributed by atoms with Gasteiger partial charge in [0.2, 0.25) is 5.82 Å². The number of rotatable bonds is 3. The van der Waals surface area contributed by atoms with Crippen LogP contribution in [0.2, 0.25) is 0 Å². The SMILES string of the molecule is Cc1nc(CN2C[C@@H]3CN(C(=O)c4ncn(C)n4)C[C@@H]3C2)cs1. The van der Waals surface area contributed by atoms with Gasteiger partial charge in [-0.15, -0.1) is 16.4 Å². The van der Waals surface area contributed by atoms with E-state index in [1.807, 2.05) is 11.8 Å². The molecule has 0 radical (unpaired) electrons. The molecule has 2 aliphatic rings. The Morgan fingerprint density at radius 1 is 1.30 bits per heavy atom. The van der Waals surface area contributed by atoms with Gasteiger partial charge < -0.3 is 4.90 Å². The molecule has 8 heteroatoms. The molecule has 0 aliphatic carbocycles. The highest BCUT2D eigenvalue weighted by Crippen LogP contribution is 2.32. The van der Waals surface area contributed by atoms with Gasteiger partial charge in [-0.1, -0.05) is 0 Å². The van der Waals surface area contributed by atoms with Gasteiger partial charge in [-0.3, -0.25) is 14.4 Å². The zero-order chi connectivity index (χ0) is 16.0. The summed E-state index contributed by atoms with van der Waals surface area (Å²) in [5, 5.41) is 7.39. The maximum absolute atomic E-state index is 12.4. The van der Waals surface area contributed by atoms with E-state index in [1.54, 1.807) is 29.4 Å². The van der Waals surface area contributed by atoms with Crippen LogP contribution in [0.4, 0.5) is 0 Å². The molecule has 2 aromatic heterocycles. The lowest BCUT2D eigenvalue weighted by Crippen LogP contribution is -2.33. The summed E-state index contributed by atoms with van der Waals surface area (Å²) in [7, 11) is 1.78. The lowest BCUT2D eigenvalue weighted by atomic mass is 10.0. The van der Waals surface area contributed by atoms with Crippen molar-refractivity contribution in [3.8, 4) is 0 Å². The topological polar surface area (TPSA) is 67.2 Å². The molecular weight excluding hydrogens is 312 g/mol. The highest BCUT2D eigenvalue weighted by molar-refractivity contribution is 7.09. The third-order valence-electron chi connectivity index (χ3n) is 4.69. The molecule has 2 fully saturated rings. The van der Waals surface area contributed by atoms with Crippen LogP contribution < -0.4 is 0 Å². The van der Waals surface area contributed by atoms with Crippen LogP contribution >= 0.6 is 11.3 Å². The maximum atomic E-state index is 12.4. The summed E-state index contributed by atoms with van der Waals surface area (Å²) >= 11 is 1.71. The first-order valence-electron chi connectivity index (χ1n) is 7.87. The summed E-state index contributed by atoms with van der Waals surface area (Å²) in [5.74, 6) is 1.38. The van der Waals surface area contributed by atoms with E-state index < -0.39 is 0 Å². The Morgan fingerprint density at radius 2 is 2.04 bits per heavy atom. The zero-order valence-electron chi connectivity index (χ0n) is 13.3. The van der Waals surface area contributed by atoms with Gasteiger partial charge in [-0.05, 0) is 18.8 Å². The molecule has 4 rings (SSSR count). The number of thiazole rings is 1. The van der Waals surface area contributed by atoms with Crippen LogP contribution in [0, 0.1) is 18.8 Å². The van der Waals surface area contributed by atoms with Crippen molar-refractivity contribution >= 4 is 17.2 Å². The van der Waals surface area contributed by atoms with E-state index in [4.69, 9.17) is 0 Å². The first-order valence-corrected chi connectivity index (χ1v) is 8.74. The predicted octanol–water partition coefficient (Wildman–Crippen LogP) is 0.784. The van der Waals surface area contributed by atoms with Gasteiger partial charge in [0.1, 0.15) is 6.33 Å². The highest BCUT2D eigenvalue weighted by Gasteiger charge is 2.42. The molecule has 0 aromatic carbocycles. The van der Waals surface area contributed by atoms with Crippen LogP contribution in [0.25, 0.3) is 0 Å². The number of carbonyl (C=O) groups excluding carboxylic acids is 1. The molecule has 0 unspecified atom stereocenters. The van der Waals surface area contributed by atoms with Gasteiger partial charge in [0, 0.05) is 45.2 Å². The Kier molecular flexibility index (Phi) is 3.65. The van der Waals surface area contributed by atoms with E-state index in [1.165, 1.54) is 0 Å². The molecule has 122 valence electrons. The molecule has 2 saturated heterocycles. The first-order chi connectivity index (χ1) is 11.1. The van der Waals surface area contributed by atoms with Crippen molar-refractivity contribution in [1.29, 1.82) is 0 Å². The molecule has 0 bridgehead atoms. The van der Waals surface area contributed by atoms with Crippen LogP contribution in [0.5, 0.6) is 0 Å². The lowest BCUT2D eigenvalue weighted by molar-refractivity contribution is 0.0761. The van der Waals surface area contributed by atoms with Crippen molar-refractivity contribution in [2.24, 2.45) is 18.9 Å². The summed E-state index contributed by atoms with van der Waals surface area (Å²) in [6.45, 7) is 6.68. The van der Waals surface area contributed by atoms with E-state index in [0.717, 1.165) is 43.4 Å². The standard InChI is InChI=1S/C15H20N6OS/c1-10-17-13(8-23-10)7-20-3-11-5-21(6-12(11)4-20)15(22)14-16-9-19(2)18-14/h8-9,11-12H,3-7H2,1-2H3/t11-,12+. The number of fused-ring (bicyclic) bond motifs is 1. The van der Waals surface area contributed by atoms with Crippen molar-refractivity contribution in [2.75, 3.05) is 26.2 Å². The second-order valence-corrected chi connectivity index (χ2v) is 7.59. The van der Waals surface area contributed by atoms with Crippen molar-refractivity contribution in [1.82, 2.24) is 29.5 Å². The van der Waals surface area contributed by atoms with Gasteiger partial charge in [-0.25, -0.2) is 9.97 Å². The molecule has 7 nitrogen and oxygen atoms in total. The second-order valence-electron chi connectivity index (χ2n) is 6.52. The minimum absolute atomic E-state index is 0.0401. The quantitative estimate of drug-likeness (QED) is 0.831. The highest BCUT2D eigenvalue weighted by atomic mass is 32.1. The van der Waals surface area contributed by atoms with Gasteiger partial charge in [-0.2, -0.15) is 0 Å². The van der Waals surface area contributed by atoms with E-state index in [-0.39, 0.29) is 5.91 Å². The monoisotopic (exact) mass is 332 g/mol. The molecule has 2 aromatic rings. The minimum atomic E-state index is -0.0401. The van der Waals surface area contributed by atoms with E-state index >= 15 is 0 Å². The Morgan fingerprint density at radius 3 is 2.61 bits per heavy atom. The number of aryl methyl sites for hydroxylation is 2. The van der Waals surface area contributed by atoms with Gasteiger partial charge in [0.15, 0.2) is 0 Å². The average Bonchev–Trinajstić information content (AvgIpc) is 3.23. The number of likely N-dealkylation sites (tertiary alicyclic amines) is 2. The van der Waals surface area contributed by atoms with Gasteiger partial charge in [0.25, 0.3) is 5.91 Å². The third kappa shape index (κ3) is 2.88. The molecule has 23 heavy (non-hydrogen) atoms. The third-order valence-corrected chi connectivity index (χ3v) is 5.51. The summed E-state index contributed by atoms with van der Waals surface area (Å²) < 4.78 is 1.57. The van der Waals surface area contributed by atoms with Crippen molar-refractivity contribution in [3.05, 3.63) is 28.2 Å². The van der Waals surface area contributed by atoms with Crippen LogP contribution in [0.15, 0.2) is 11.7 Å². The molecule has 0 saturated carbocycles. The Balaban J connectivity index is 1.35. The van der Waals surface area contributed by atoms with Crippen LogP contribution in [0.1, 0.15) is 21.3 Å². The molecule has 2 aliphatic heterocycles. The number of carbonyl (C=O) groups is 1. The summed E-state index contributed by atoms with van der Waals surface area (Å²) in [4.78, 5) is 25.4. The smallest absolute Gasteiger partial charge is 0.293 e. The Bertz CT molecular complexity index is 711. The number of hydrogen-bond acceptors (Lipinski definition) is 6. The molecule has 1 amide bonds. The summed E-state index contributed by atoms with van der Waals surface area (Å²) in [6, 6.07) is 0. The van der Waals surface area contributed by atoms with Crippen molar-refractivity contribution < 1.29 is 4.79 Å². The number of amides is 1. The van der Waals surface area contributed by atoms with E-state index in [9.17, 15) is 4.79 Å². The first kappa shape index (κ1) is 14.8. The summed E-state index contributed by atoms with van der Waals surface area (Å²) in [5.41, 5.74) is 1.16. The lowest BCUT2D eigenvalue weighted by Gasteiger charge is -2.20. The fraction of sp³-hybridized carbons (Fsp3) is 0.600. The van der Waals surface area contributed by atoms with Crippen LogP contribution in [0.3, 0.4) is 0 Å². The number of aromatic nitrogens is 4. The average molecular weight is 332 g/mol. The van der Waals surface area contributed by atoms with Gasteiger partial charge in [0.05, 0.1) is 10.7 Å². The predicted molar refractivity (Wildman–Crippen MR) is 86.0 cm³/mol. The molecule has 4 heterocycles. The van der Waals surface area contributed by atoms with Gasteiger partial charge >= 0.3 is 0 Å². The van der Waals surface area contributed by atoms with Crippen LogP contribution in [-0.4, -0.2) is 61.6 Å². The molecule has 2 atom stereocenters. The number of hydrogen-bond donors (Lipinski definition) is 0. The number of nitrogens with zero attached hydrogens (tertiary/aromatic N) is 6. The fourth-order valence-corrected chi connectivity index (χ4v) is 4.28. The summed E-state index contributed by atoms with van der Waals surface area (Å²) in [6.07, 6.45) is 1.57. The fourth-order valence-electron chi connectivity index (χ4n) is 3.67. The zero-order valence-corrected chi connectivity index (χ0v) is 14.2. The minimum Gasteiger partial charge on any atom is -0.335 e. The van der Waals surface area contributed by atoms with Crippen LogP contribution in [-0.2, 0) is 13.6 Å². The van der Waals surface area contributed by atoms with Crippen molar-refractivity contribution in [3.63, 3.8) is 0 Å². The van der Waals surface area contributed by atoms with E-state index in [2.05, 4.69) is 25.3 Å². The second kappa shape index (κ2) is 5.68. The molecular formula is C15H20N6OS. The van der Waals surface area contributed by atoms with E-state index in [0.29, 0.717) is 17.7 Å². The van der Waals surface area contributed by atoms with Crippen molar-refractivity contribution in [2.45, 2.75) is 13.5 Å². The largest absolute Gasteiger partial charge is 0.335 e. The molecule has 0 spiro atoms. The maximum Gasteiger partial charge on any atom is 0.293 e.